The quantitative estimate of drug-likeness (QED) is 0.891. The standard InChI is InChI=1S/C17H17F3N4O/c18-17(19,20)12-6-7-15(21-10-12)24-9-8-14(11-24)23-16(25)22-13-4-2-1-3-5-13/h1-7,10,14H,8-9,11H2,(H2,22,23,25). The summed E-state index contributed by atoms with van der Waals surface area (Å²) in [5.41, 5.74) is -0.0772. The Bertz CT molecular complexity index is 719. The number of aromatic nitrogens is 1. The van der Waals surface area contributed by atoms with E-state index in [-0.39, 0.29) is 12.1 Å². The predicted molar refractivity (Wildman–Crippen MR) is 88.5 cm³/mol. The lowest BCUT2D eigenvalue weighted by Gasteiger charge is -2.18. The molecule has 1 aromatic heterocycles. The van der Waals surface area contributed by atoms with Crippen molar-refractivity contribution in [2.45, 2.75) is 18.6 Å². The van der Waals surface area contributed by atoms with Gasteiger partial charge in [0.1, 0.15) is 5.82 Å². The number of hydrogen-bond acceptors (Lipinski definition) is 3. The van der Waals surface area contributed by atoms with Gasteiger partial charge in [-0.05, 0) is 30.7 Å². The molecule has 2 heterocycles. The molecule has 0 radical (unpaired) electrons. The van der Waals surface area contributed by atoms with Crippen LogP contribution in [0.2, 0.25) is 0 Å². The normalized spacial score (nSPS) is 17.4. The van der Waals surface area contributed by atoms with Crippen LogP contribution in [0, 0.1) is 0 Å². The number of nitrogens with one attached hydrogen (secondary N) is 2. The van der Waals surface area contributed by atoms with Crippen LogP contribution >= 0.6 is 0 Å². The summed E-state index contributed by atoms with van der Waals surface area (Å²) in [6.07, 6.45) is -2.86. The minimum atomic E-state index is -4.39. The second-order valence-electron chi connectivity index (χ2n) is 5.80. The molecule has 0 spiro atoms. The number of amides is 2. The Balaban J connectivity index is 1.54. The molecule has 0 bridgehead atoms. The van der Waals surface area contributed by atoms with Crippen molar-refractivity contribution in [2.75, 3.05) is 23.3 Å². The zero-order chi connectivity index (χ0) is 17.9. The number of rotatable bonds is 3. The van der Waals surface area contributed by atoms with E-state index in [2.05, 4.69) is 15.6 Å². The lowest BCUT2D eigenvalue weighted by Crippen LogP contribution is -2.39. The number of benzene rings is 1. The van der Waals surface area contributed by atoms with Crippen LogP contribution in [0.15, 0.2) is 48.7 Å². The molecular weight excluding hydrogens is 333 g/mol. The Morgan fingerprint density at radius 2 is 1.92 bits per heavy atom. The molecule has 1 atom stereocenters. The molecule has 25 heavy (non-hydrogen) atoms. The molecule has 1 aliphatic rings. The SMILES string of the molecule is O=C(Nc1ccccc1)NC1CCN(c2ccc(C(F)(F)F)cn2)C1. The number of carbonyl (C=O) groups is 1. The molecule has 2 amide bonds. The predicted octanol–water partition coefficient (Wildman–Crippen LogP) is 3.50. The van der Waals surface area contributed by atoms with Crippen molar-refractivity contribution in [1.29, 1.82) is 0 Å². The average Bonchev–Trinajstić information content (AvgIpc) is 3.03. The van der Waals surface area contributed by atoms with E-state index in [1.807, 2.05) is 23.1 Å². The van der Waals surface area contributed by atoms with Gasteiger partial charge in [-0.15, -0.1) is 0 Å². The molecule has 1 saturated heterocycles. The second-order valence-corrected chi connectivity index (χ2v) is 5.80. The molecule has 2 N–H and O–H groups in total. The van der Waals surface area contributed by atoms with Crippen LogP contribution in [0.25, 0.3) is 0 Å². The lowest BCUT2D eigenvalue weighted by atomic mass is 10.2. The van der Waals surface area contributed by atoms with Crippen molar-refractivity contribution in [1.82, 2.24) is 10.3 Å². The first kappa shape index (κ1) is 17.1. The van der Waals surface area contributed by atoms with Crippen LogP contribution in [0.5, 0.6) is 0 Å². The van der Waals surface area contributed by atoms with Crippen molar-refractivity contribution >= 4 is 17.5 Å². The van der Waals surface area contributed by atoms with E-state index in [0.29, 0.717) is 31.0 Å². The van der Waals surface area contributed by atoms with Crippen LogP contribution in [-0.2, 0) is 6.18 Å². The van der Waals surface area contributed by atoms with Gasteiger partial charge in [0.15, 0.2) is 0 Å². The van der Waals surface area contributed by atoms with Crippen molar-refractivity contribution < 1.29 is 18.0 Å². The Labute approximate surface area is 142 Å². The average molecular weight is 350 g/mol. The van der Waals surface area contributed by atoms with E-state index in [4.69, 9.17) is 0 Å². The largest absolute Gasteiger partial charge is 0.417 e. The number of carbonyl (C=O) groups excluding carboxylic acids is 1. The summed E-state index contributed by atoms with van der Waals surface area (Å²) in [7, 11) is 0. The number of anilines is 2. The number of alkyl halides is 3. The summed E-state index contributed by atoms with van der Waals surface area (Å²) in [4.78, 5) is 17.7. The summed E-state index contributed by atoms with van der Waals surface area (Å²) in [5.74, 6) is 0.473. The smallest absolute Gasteiger partial charge is 0.354 e. The van der Waals surface area contributed by atoms with E-state index in [1.54, 1.807) is 12.1 Å². The summed E-state index contributed by atoms with van der Waals surface area (Å²) in [6.45, 7) is 1.12. The Hall–Kier alpha value is -2.77. The van der Waals surface area contributed by atoms with Gasteiger partial charge in [-0.3, -0.25) is 0 Å². The molecule has 1 aromatic carbocycles. The van der Waals surface area contributed by atoms with Gasteiger partial charge in [0, 0.05) is 31.0 Å². The lowest BCUT2D eigenvalue weighted by molar-refractivity contribution is -0.137. The Morgan fingerprint density at radius 3 is 2.56 bits per heavy atom. The van der Waals surface area contributed by atoms with E-state index < -0.39 is 11.7 Å². The maximum absolute atomic E-state index is 12.6. The summed E-state index contributed by atoms with van der Waals surface area (Å²) >= 11 is 0. The monoisotopic (exact) mass is 350 g/mol. The molecule has 0 saturated carbocycles. The van der Waals surface area contributed by atoms with Gasteiger partial charge in [-0.1, -0.05) is 18.2 Å². The third-order valence-corrected chi connectivity index (χ3v) is 3.95. The highest BCUT2D eigenvalue weighted by Crippen LogP contribution is 2.29. The number of halogens is 3. The molecule has 1 unspecified atom stereocenters. The highest BCUT2D eigenvalue weighted by atomic mass is 19.4. The zero-order valence-corrected chi connectivity index (χ0v) is 13.3. The van der Waals surface area contributed by atoms with E-state index in [1.165, 1.54) is 6.07 Å². The molecule has 3 rings (SSSR count). The summed E-state index contributed by atoms with van der Waals surface area (Å²) < 4.78 is 37.7. The van der Waals surface area contributed by atoms with E-state index >= 15 is 0 Å². The van der Waals surface area contributed by atoms with Crippen LogP contribution in [0.3, 0.4) is 0 Å². The second kappa shape index (κ2) is 7.00. The van der Waals surface area contributed by atoms with Gasteiger partial charge in [-0.25, -0.2) is 9.78 Å². The molecule has 1 aliphatic heterocycles. The first-order valence-electron chi connectivity index (χ1n) is 7.82. The number of pyridine rings is 1. The van der Waals surface area contributed by atoms with Crippen LogP contribution in [0.4, 0.5) is 29.5 Å². The molecule has 0 aliphatic carbocycles. The van der Waals surface area contributed by atoms with Gasteiger partial charge in [0.25, 0.3) is 0 Å². The van der Waals surface area contributed by atoms with Crippen molar-refractivity contribution in [3.63, 3.8) is 0 Å². The number of hydrogen-bond donors (Lipinski definition) is 2. The van der Waals surface area contributed by atoms with Crippen LogP contribution in [-0.4, -0.2) is 30.1 Å². The first-order chi connectivity index (χ1) is 11.9. The van der Waals surface area contributed by atoms with Gasteiger partial charge >= 0.3 is 12.2 Å². The van der Waals surface area contributed by atoms with Gasteiger partial charge in [-0.2, -0.15) is 13.2 Å². The van der Waals surface area contributed by atoms with Gasteiger partial charge in [0.05, 0.1) is 5.56 Å². The molecule has 1 fully saturated rings. The van der Waals surface area contributed by atoms with Crippen molar-refractivity contribution in [2.24, 2.45) is 0 Å². The third-order valence-electron chi connectivity index (χ3n) is 3.95. The fourth-order valence-electron chi connectivity index (χ4n) is 2.70. The maximum atomic E-state index is 12.6. The van der Waals surface area contributed by atoms with E-state index in [9.17, 15) is 18.0 Å². The Kier molecular flexibility index (Phi) is 4.78. The third kappa shape index (κ3) is 4.40. The highest BCUT2D eigenvalue weighted by molar-refractivity contribution is 5.89. The fourth-order valence-corrected chi connectivity index (χ4v) is 2.70. The number of nitrogens with zero attached hydrogens (tertiary/aromatic N) is 2. The summed E-state index contributed by atoms with van der Waals surface area (Å²) in [6, 6.07) is 11.0. The minimum absolute atomic E-state index is 0.0900. The van der Waals surface area contributed by atoms with Gasteiger partial charge in [0.2, 0.25) is 0 Å². The minimum Gasteiger partial charge on any atom is -0.354 e. The summed E-state index contributed by atoms with van der Waals surface area (Å²) in [5, 5.41) is 5.60. The van der Waals surface area contributed by atoms with Gasteiger partial charge < -0.3 is 15.5 Å². The Morgan fingerprint density at radius 1 is 1.16 bits per heavy atom. The van der Waals surface area contributed by atoms with Crippen molar-refractivity contribution in [3.05, 3.63) is 54.2 Å². The maximum Gasteiger partial charge on any atom is 0.417 e. The fraction of sp³-hybridized carbons (Fsp3) is 0.294. The van der Waals surface area contributed by atoms with Crippen molar-refractivity contribution in [3.8, 4) is 0 Å². The zero-order valence-electron chi connectivity index (χ0n) is 13.3. The molecule has 8 heteroatoms. The van der Waals surface area contributed by atoms with E-state index in [0.717, 1.165) is 12.3 Å². The molecule has 132 valence electrons. The number of para-hydroxylation sites is 1. The van der Waals surface area contributed by atoms with Crippen LogP contribution in [0.1, 0.15) is 12.0 Å². The first-order valence-corrected chi connectivity index (χ1v) is 7.82. The molecule has 2 aromatic rings. The topological polar surface area (TPSA) is 57.3 Å². The number of urea groups is 1. The molecule has 5 nitrogen and oxygen atoms in total. The highest BCUT2D eigenvalue weighted by Gasteiger charge is 2.31. The molecular formula is C17H17F3N4O. The van der Waals surface area contributed by atoms with Crippen LogP contribution < -0.4 is 15.5 Å².